The summed E-state index contributed by atoms with van der Waals surface area (Å²) in [5, 5.41) is 4.52. The summed E-state index contributed by atoms with van der Waals surface area (Å²) >= 11 is 0. The second-order valence-electron chi connectivity index (χ2n) is 6.58. The topological polar surface area (TPSA) is 60.0 Å². The van der Waals surface area contributed by atoms with Crippen LogP contribution in [0.15, 0.2) is 28.7 Å². The lowest BCUT2D eigenvalue weighted by Gasteiger charge is -2.34. The van der Waals surface area contributed by atoms with Crippen molar-refractivity contribution in [2.75, 3.05) is 6.54 Å². The number of benzene rings is 1. The van der Waals surface area contributed by atoms with Crippen LogP contribution in [0.25, 0.3) is 11.1 Å². The monoisotopic (exact) mass is 325 g/mol. The summed E-state index contributed by atoms with van der Waals surface area (Å²) in [6.07, 6.45) is 3.67. The third-order valence-corrected chi connectivity index (χ3v) is 4.77. The van der Waals surface area contributed by atoms with Gasteiger partial charge in [-0.2, -0.15) is 5.10 Å². The van der Waals surface area contributed by atoms with Gasteiger partial charge in [0.2, 0.25) is 5.89 Å². The Morgan fingerprint density at radius 1 is 1.17 bits per heavy atom. The molecule has 1 aliphatic rings. The van der Waals surface area contributed by atoms with E-state index in [-0.39, 0.29) is 0 Å². The van der Waals surface area contributed by atoms with E-state index >= 15 is 0 Å². The minimum Gasteiger partial charge on any atom is -0.439 e. The molecule has 1 aromatic carbocycles. The van der Waals surface area contributed by atoms with Crippen molar-refractivity contribution in [2.45, 2.75) is 52.2 Å². The molecule has 1 atom stereocenters. The van der Waals surface area contributed by atoms with Gasteiger partial charge in [0.15, 0.2) is 5.58 Å². The first-order valence-electron chi connectivity index (χ1n) is 8.65. The summed E-state index contributed by atoms with van der Waals surface area (Å²) in [5.74, 6) is 2.63. The maximum atomic E-state index is 5.91. The Labute approximate surface area is 141 Å². The molecule has 24 heavy (non-hydrogen) atoms. The third-order valence-electron chi connectivity index (χ3n) is 4.77. The van der Waals surface area contributed by atoms with Gasteiger partial charge in [0.25, 0.3) is 0 Å². The molecule has 1 fully saturated rings. The molecule has 0 amide bonds. The molecule has 3 aromatic rings. The van der Waals surface area contributed by atoms with Crippen LogP contribution in [0.1, 0.15) is 36.8 Å². The summed E-state index contributed by atoms with van der Waals surface area (Å²) in [6.45, 7) is 6.68. The van der Waals surface area contributed by atoms with Gasteiger partial charge in [-0.1, -0.05) is 18.6 Å². The smallest absolute Gasteiger partial charge is 0.209 e. The van der Waals surface area contributed by atoms with Crippen LogP contribution in [0.2, 0.25) is 0 Å². The van der Waals surface area contributed by atoms with Gasteiger partial charge in [-0.15, -0.1) is 0 Å². The summed E-state index contributed by atoms with van der Waals surface area (Å²) in [5.41, 5.74) is 1.80. The van der Waals surface area contributed by atoms with Crippen LogP contribution in [0.3, 0.4) is 0 Å². The Morgan fingerprint density at radius 3 is 2.83 bits per heavy atom. The summed E-state index contributed by atoms with van der Waals surface area (Å²) < 4.78 is 7.94. The number of hydrogen-bond acceptors (Lipinski definition) is 5. The van der Waals surface area contributed by atoms with Gasteiger partial charge in [-0.3, -0.25) is 4.90 Å². The Kier molecular flexibility index (Phi) is 4.06. The predicted molar refractivity (Wildman–Crippen MR) is 91.6 cm³/mol. The number of para-hydroxylation sites is 2. The molecule has 0 N–H and O–H groups in total. The lowest BCUT2D eigenvalue weighted by atomic mass is 10.0. The van der Waals surface area contributed by atoms with Crippen molar-refractivity contribution in [3.8, 4) is 0 Å². The van der Waals surface area contributed by atoms with Crippen molar-refractivity contribution in [3.05, 3.63) is 41.8 Å². The van der Waals surface area contributed by atoms with Crippen molar-refractivity contribution in [1.29, 1.82) is 0 Å². The van der Waals surface area contributed by atoms with Crippen LogP contribution >= 0.6 is 0 Å². The van der Waals surface area contributed by atoms with E-state index in [1.165, 1.54) is 19.3 Å². The van der Waals surface area contributed by atoms with Crippen molar-refractivity contribution >= 4 is 11.1 Å². The van der Waals surface area contributed by atoms with Gasteiger partial charge in [0, 0.05) is 6.04 Å². The highest BCUT2D eigenvalue weighted by molar-refractivity contribution is 5.72. The highest BCUT2D eigenvalue weighted by Gasteiger charge is 2.25. The molecule has 0 spiro atoms. The summed E-state index contributed by atoms with van der Waals surface area (Å²) in [6, 6.07) is 8.40. The van der Waals surface area contributed by atoms with Crippen LogP contribution in [-0.2, 0) is 13.1 Å². The number of piperidine rings is 1. The van der Waals surface area contributed by atoms with Crippen LogP contribution in [0.4, 0.5) is 0 Å². The SMILES string of the molecule is Cc1nc(C)n(C[C@@H]2CCCCN2Cc2nc3ccccc3o2)n1. The van der Waals surface area contributed by atoms with Crippen LogP contribution in [-0.4, -0.2) is 37.2 Å². The molecule has 6 nitrogen and oxygen atoms in total. The molecule has 2 aromatic heterocycles. The first-order chi connectivity index (χ1) is 11.7. The molecule has 126 valence electrons. The highest BCUT2D eigenvalue weighted by Crippen LogP contribution is 2.23. The minimum absolute atomic E-state index is 0.452. The zero-order valence-corrected chi connectivity index (χ0v) is 14.3. The average molecular weight is 325 g/mol. The maximum Gasteiger partial charge on any atom is 0.209 e. The second-order valence-corrected chi connectivity index (χ2v) is 6.58. The number of likely N-dealkylation sites (tertiary alicyclic amines) is 1. The zero-order valence-electron chi connectivity index (χ0n) is 14.3. The van der Waals surface area contributed by atoms with Crippen molar-refractivity contribution in [1.82, 2.24) is 24.6 Å². The van der Waals surface area contributed by atoms with Gasteiger partial charge in [0.1, 0.15) is 17.2 Å². The quantitative estimate of drug-likeness (QED) is 0.738. The largest absolute Gasteiger partial charge is 0.439 e. The highest BCUT2D eigenvalue weighted by atomic mass is 16.3. The molecule has 1 aliphatic heterocycles. The number of fused-ring (bicyclic) bond motifs is 1. The number of nitrogens with zero attached hydrogens (tertiary/aromatic N) is 5. The van der Waals surface area contributed by atoms with E-state index in [9.17, 15) is 0 Å². The van der Waals surface area contributed by atoms with Crippen molar-refractivity contribution in [2.24, 2.45) is 0 Å². The van der Waals surface area contributed by atoms with Gasteiger partial charge >= 0.3 is 0 Å². The maximum absolute atomic E-state index is 5.91. The van der Waals surface area contributed by atoms with Crippen molar-refractivity contribution < 1.29 is 4.42 Å². The average Bonchev–Trinajstić information content (AvgIpc) is 3.11. The van der Waals surface area contributed by atoms with Crippen LogP contribution in [0, 0.1) is 13.8 Å². The molecule has 0 unspecified atom stereocenters. The molecule has 0 bridgehead atoms. The van der Waals surface area contributed by atoms with E-state index in [1.807, 2.05) is 42.8 Å². The van der Waals surface area contributed by atoms with Crippen molar-refractivity contribution in [3.63, 3.8) is 0 Å². The fourth-order valence-corrected chi connectivity index (χ4v) is 3.57. The van der Waals surface area contributed by atoms with Gasteiger partial charge < -0.3 is 4.42 Å². The molecule has 0 radical (unpaired) electrons. The molecule has 0 aliphatic carbocycles. The van der Waals surface area contributed by atoms with E-state index in [0.29, 0.717) is 6.04 Å². The van der Waals surface area contributed by atoms with Gasteiger partial charge in [-0.05, 0) is 45.4 Å². The Balaban J connectivity index is 1.52. The molecular weight excluding hydrogens is 302 g/mol. The van der Waals surface area contributed by atoms with Crippen LogP contribution in [0.5, 0.6) is 0 Å². The number of oxazole rings is 1. The molecule has 1 saturated heterocycles. The number of rotatable bonds is 4. The van der Waals surface area contributed by atoms with E-state index in [1.54, 1.807) is 0 Å². The summed E-state index contributed by atoms with van der Waals surface area (Å²) in [4.78, 5) is 11.5. The fourth-order valence-electron chi connectivity index (χ4n) is 3.57. The lowest BCUT2D eigenvalue weighted by Crippen LogP contribution is -2.42. The second kappa shape index (κ2) is 6.36. The van der Waals surface area contributed by atoms with Gasteiger partial charge in [-0.25, -0.2) is 14.6 Å². The normalized spacial score (nSPS) is 19.2. The Morgan fingerprint density at radius 2 is 2.04 bits per heavy atom. The van der Waals surface area contributed by atoms with E-state index in [2.05, 4.69) is 20.0 Å². The van der Waals surface area contributed by atoms with E-state index in [4.69, 9.17) is 4.42 Å². The summed E-state index contributed by atoms with van der Waals surface area (Å²) in [7, 11) is 0. The molecular formula is C18H23N5O. The zero-order chi connectivity index (χ0) is 16.5. The predicted octanol–water partition coefficient (Wildman–Crippen LogP) is 3.09. The first-order valence-corrected chi connectivity index (χ1v) is 8.65. The lowest BCUT2D eigenvalue weighted by molar-refractivity contribution is 0.111. The number of aromatic nitrogens is 4. The van der Waals surface area contributed by atoms with Gasteiger partial charge in [0.05, 0.1) is 13.1 Å². The molecule has 3 heterocycles. The number of aryl methyl sites for hydroxylation is 2. The van der Waals surface area contributed by atoms with Crippen LogP contribution < -0.4 is 0 Å². The molecule has 4 rings (SSSR count). The van der Waals surface area contributed by atoms with E-state index in [0.717, 1.165) is 48.3 Å². The molecule has 6 heteroatoms. The third kappa shape index (κ3) is 3.06. The standard InChI is InChI=1S/C18H23N5O/c1-13-19-14(2)23(21-13)11-15-7-5-6-10-22(15)12-18-20-16-8-3-4-9-17(16)24-18/h3-4,8-9,15H,5-7,10-12H2,1-2H3/t15-/m0/s1. The minimum atomic E-state index is 0.452. The van der Waals surface area contributed by atoms with E-state index < -0.39 is 0 Å². The first kappa shape index (κ1) is 15.3. The molecule has 0 saturated carbocycles. The fraction of sp³-hybridized carbons (Fsp3) is 0.500. The number of hydrogen-bond donors (Lipinski definition) is 0. The Bertz CT molecular complexity index is 804. The Hall–Kier alpha value is -2.21.